The quantitative estimate of drug-likeness (QED) is 0.908. The molecule has 0 saturated carbocycles. The van der Waals surface area contributed by atoms with Crippen LogP contribution in [0.2, 0.25) is 0 Å². The molecule has 5 nitrogen and oxygen atoms in total. The molecule has 0 aromatic carbocycles. The van der Waals surface area contributed by atoms with E-state index in [2.05, 4.69) is 31.1 Å². The van der Waals surface area contributed by atoms with Gasteiger partial charge in [-0.15, -0.1) is 0 Å². The summed E-state index contributed by atoms with van der Waals surface area (Å²) in [5.74, 6) is 0.791. The number of pyridine rings is 1. The zero-order valence-corrected chi connectivity index (χ0v) is 13.9. The molecule has 118 valence electrons. The summed E-state index contributed by atoms with van der Waals surface area (Å²) < 4.78 is 27.4. The minimum atomic E-state index is -3.48. The number of aromatic nitrogens is 1. The van der Waals surface area contributed by atoms with Crippen molar-refractivity contribution in [3.8, 4) is 0 Å². The van der Waals surface area contributed by atoms with E-state index in [4.69, 9.17) is 0 Å². The van der Waals surface area contributed by atoms with Gasteiger partial charge in [-0.05, 0) is 30.7 Å². The number of nitrogens with one attached hydrogen (secondary N) is 1. The van der Waals surface area contributed by atoms with Gasteiger partial charge >= 0.3 is 0 Å². The zero-order valence-electron chi connectivity index (χ0n) is 13.0. The van der Waals surface area contributed by atoms with E-state index in [0.29, 0.717) is 35.5 Å². The topological polar surface area (TPSA) is 62.3 Å². The maximum atomic E-state index is 12.9. The summed E-state index contributed by atoms with van der Waals surface area (Å²) in [5.41, 5.74) is 0.651. The van der Waals surface area contributed by atoms with Gasteiger partial charge in [-0.2, -0.15) is 4.31 Å². The van der Waals surface area contributed by atoms with Crippen molar-refractivity contribution in [1.29, 1.82) is 0 Å². The van der Waals surface area contributed by atoms with Crippen LogP contribution in [0.25, 0.3) is 0 Å². The zero-order chi connectivity index (χ0) is 15.5. The smallest absolute Gasteiger partial charge is 0.246 e. The first-order chi connectivity index (χ1) is 9.95. The molecule has 0 amide bonds. The predicted molar refractivity (Wildman–Crippen MR) is 84.7 cm³/mol. The lowest BCUT2D eigenvalue weighted by atomic mass is 9.94. The Hall–Kier alpha value is -1.14. The molecule has 1 aliphatic heterocycles. The molecule has 2 unspecified atom stereocenters. The van der Waals surface area contributed by atoms with Crippen molar-refractivity contribution in [3.05, 3.63) is 18.5 Å². The van der Waals surface area contributed by atoms with Gasteiger partial charge in [0, 0.05) is 32.0 Å². The third-order valence-corrected chi connectivity index (χ3v) is 5.66. The number of sulfonamides is 1. The molecular formula is C15H25N3O2S. The number of rotatable bonds is 5. The monoisotopic (exact) mass is 311 g/mol. The predicted octanol–water partition coefficient (Wildman–Crippen LogP) is 2.57. The highest BCUT2D eigenvalue weighted by Crippen LogP contribution is 2.29. The summed E-state index contributed by atoms with van der Waals surface area (Å²) >= 11 is 0. The summed E-state index contributed by atoms with van der Waals surface area (Å²) in [5, 5.41) is 3.18. The van der Waals surface area contributed by atoms with Gasteiger partial charge in [0.05, 0.1) is 5.69 Å². The van der Waals surface area contributed by atoms with Crippen LogP contribution in [-0.4, -0.2) is 37.3 Å². The standard InChI is InChI=1S/C15H25N3O2S/c1-4-6-17-14-5-7-16-9-15(14)21(19,20)18-10-12(2)8-13(3)11-18/h5,7,9,12-13H,4,6,8,10-11H2,1-3H3,(H,16,17). The Morgan fingerprint density at radius 1 is 1.33 bits per heavy atom. The van der Waals surface area contributed by atoms with Gasteiger partial charge in [-0.1, -0.05) is 20.8 Å². The number of hydrogen-bond donors (Lipinski definition) is 1. The summed E-state index contributed by atoms with van der Waals surface area (Å²) in [6, 6.07) is 1.74. The van der Waals surface area contributed by atoms with E-state index in [0.717, 1.165) is 19.4 Å². The first-order valence-electron chi connectivity index (χ1n) is 7.63. The number of piperidine rings is 1. The van der Waals surface area contributed by atoms with Crippen molar-refractivity contribution in [2.45, 2.75) is 38.5 Å². The maximum Gasteiger partial charge on any atom is 0.246 e. The van der Waals surface area contributed by atoms with Crippen LogP contribution in [0.15, 0.2) is 23.4 Å². The average Bonchev–Trinajstić information content (AvgIpc) is 2.44. The second-order valence-electron chi connectivity index (χ2n) is 6.07. The Kier molecular flexibility index (Phi) is 5.22. The van der Waals surface area contributed by atoms with Crippen LogP contribution >= 0.6 is 0 Å². The molecule has 1 N–H and O–H groups in total. The van der Waals surface area contributed by atoms with Crippen LogP contribution in [0, 0.1) is 11.8 Å². The number of anilines is 1. The average molecular weight is 311 g/mol. The SMILES string of the molecule is CCCNc1ccncc1S(=O)(=O)N1CC(C)CC(C)C1. The molecule has 21 heavy (non-hydrogen) atoms. The summed E-state index contributed by atoms with van der Waals surface area (Å²) in [7, 11) is -3.48. The van der Waals surface area contributed by atoms with E-state index in [9.17, 15) is 8.42 Å². The highest BCUT2D eigenvalue weighted by Gasteiger charge is 2.33. The fourth-order valence-electron chi connectivity index (χ4n) is 2.93. The molecule has 1 saturated heterocycles. The second-order valence-corrected chi connectivity index (χ2v) is 7.97. The molecular weight excluding hydrogens is 286 g/mol. The van der Waals surface area contributed by atoms with Gasteiger partial charge in [0.2, 0.25) is 10.0 Å². The molecule has 1 aliphatic rings. The van der Waals surface area contributed by atoms with Crippen LogP contribution in [0.5, 0.6) is 0 Å². The van der Waals surface area contributed by atoms with Crippen molar-refractivity contribution in [2.75, 3.05) is 25.0 Å². The van der Waals surface area contributed by atoms with Crippen molar-refractivity contribution in [1.82, 2.24) is 9.29 Å². The molecule has 2 atom stereocenters. The third kappa shape index (κ3) is 3.74. The summed E-state index contributed by atoms with van der Waals surface area (Å²) in [6.45, 7) is 8.20. The van der Waals surface area contributed by atoms with Crippen LogP contribution in [0.1, 0.15) is 33.6 Å². The largest absolute Gasteiger partial charge is 0.384 e. The normalized spacial score (nSPS) is 24.0. The lowest BCUT2D eigenvalue weighted by Crippen LogP contribution is -2.42. The minimum Gasteiger partial charge on any atom is -0.384 e. The molecule has 2 rings (SSSR count). The van der Waals surface area contributed by atoms with Crippen LogP contribution < -0.4 is 5.32 Å². The van der Waals surface area contributed by atoms with E-state index >= 15 is 0 Å². The van der Waals surface area contributed by atoms with Crippen molar-refractivity contribution in [3.63, 3.8) is 0 Å². The number of hydrogen-bond acceptors (Lipinski definition) is 4. The van der Waals surface area contributed by atoms with Crippen LogP contribution in [-0.2, 0) is 10.0 Å². The lowest BCUT2D eigenvalue weighted by molar-refractivity contribution is 0.222. The van der Waals surface area contributed by atoms with Gasteiger partial charge in [-0.25, -0.2) is 8.42 Å². The molecule has 0 aliphatic carbocycles. The molecule has 0 radical (unpaired) electrons. The summed E-state index contributed by atoms with van der Waals surface area (Å²) in [4.78, 5) is 4.30. The van der Waals surface area contributed by atoms with E-state index in [-0.39, 0.29) is 0 Å². The van der Waals surface area contributed by atoms with Gasteiger partial charge in [0.15, 0.2) is 0 Å². The van der Waals surface area contributed by atoms with E-state index in [1.807, 2.05) is 0 Å². The van der Waals surface area contributed by atoms with Gasteiger partial charge in [-0.3, -0.25) is 4.98 Å². The molecule has 6 heteroatoms. The van der Waals surface area contributed by atoms with E-state index < -0.39 is 10.0 Å². The van der Waals surface area contributed by atoms with Crippen LogP contribution in [0.4, 0.5) is 5.69 Å². The molecule has 1 fully saturated rings. The van der Waals surface area contributed by atoms with Crippen molar-refractivity contribution < 1.29 is 8.42 Å². The van der Waals surface area contributed by atoms with Gasteiger partial charge in [0.25, 0.3) is 0 Å². The second kappa shape index (κ2) is 6.75. The fraction of sp³-hybridized carbons (Fsp3) is 0.667. The molecule has 1 aromatic rings. The van der Waals surface area contributed by atoms with E-state index in [1.54, 1.807) is 16.6 Å². The Bertz CT molecular complexity index is 564. The van der Waals surface area contributed by atoms with Crippen LogP contribution in [0.3, 0.4) is 0 Å². The molecule has 1 aromatic heterocycles. The highest BCUT2D eigenvalue weighted by atomic mass is 32.2. The lowest BCUT2D eigenvalue weighted by Gasteiger charge is -2.34. The Morgan fingerprint density at radius 3 is 2.62 bits per heavy atom. The molecule has 0 spiro atoms. The molecule has 2 heterocycles. The van der Waals surface area contributed by atoms with Gasteiger partial charge in [0.1, 0.15) is 4.90 Å². The highest BCUT2D eigenvalue weighted by molar-refractivity contribution is 7.89. The maximum absolute atomic E-state index is 12.9. The Labute approximate surface area is 127 Å². The van der Waals surface area contributed by atoms with Crippen molar-refractivity contribution in [2.24, 2.45) is 11.8 Å². The Morgan fingerprint density at radius 2 is 2.00 bits per heavy atom. The summed E-state index contributed by atoms with van der Waals surface area (Å²) in [6.07, 6.45) is 5.11. The minimum absolute atomic E-state index is 0.291. The first-order valence-corrected chi connectivity index (χ1v) is 9.07. The Balaban J connectivity index is 2.31. The number of nitrogens with zero attached hydrogens (tertiary/aromatic N) is 2. The molecule has 0 bridgehead atoms. The van der Waals surface area contributed by atoms with Gasteiger partial charge < -0.3 is 5.32 Å². The fourth-order valence-corrected chi connectivity index (χ4v) is 4.72. The third-order valence-electron chi connectivity index (χ3n) is 3.80. The van der Waals surface area contributed by atoms with Crippen molar-refractivity contribution >= 4 is 15.7 Å². The van der Waals surface area contributed by atoms with E-state index in [1.165, 1.54) is 6.20 Å². The first kappa shape index (κ1) is 16.2.